The van der Waals surface area contributed by atoms with Gasteiger partial charge in [0.2, 0.25) is 0 Å². The van der Waals surface area contributed by atoms with Gasteiger partial charge in [0.1, 0.15) is 0 Å². The minimum absolute atomic E-state index is 0.313. The molecule has 14 heavy (non-hydrogen) atoms. The second-order valence-electron chi connectivity index (χ2n) is 4.31. The van der Waals surface area contributed by atoms with E-state index in [-0.39, 0.29) is 0 Å². The van der Waals surface area contributed by atoms with E-state index in [0.29, 0.717) is 25.7 Å². The van der Waals surface area contributed by atoms with Crippen LogP contribution >= 0.6 is 0 Å². The van der Waals surface area contributed by atoms with Crippen LogP contribution in [-0.4, -0.2) is 20.9 Å². The van der Waals surface area contributed by atoms with Crippen molar-refractivity contribution in [1.29, 1.82) is 0 Å². The summed E-state index contributed by atoms with van der Waals surface area (Å²) in [6, 6.07) is 0. The van der Waals surface area contributed by atoms with Gasteiger partial charge in [-0.05, 0) is 12.8 Å². The summed E-state index contributed by atoms with van der Waals surface area (Å²) in [6.45, 7) is 2.70. The summed E-state index contributed by atoms with van der Waals surface area (Å²) in [6.07, 6.45) is 2.04. The summed E-state index contributed by atoms with van der Waals surface area (Å²) in [7, 11) is 0. The molecule has 0 saturated heterocycles. The van der Waals surface area contributed by atoms with Gasteiger partial charge in [-0.15, -0.1) is 0 Å². The van der Waals surface area contributed by atoms with E-state index in [9.17, 15) is 20.2 Å². The number of nitro groups is 2. The smallest absolute Gasteiger partial charge is 0.264 e. The Morgan fingerprint density at radius 2 is 1.57 bits per heavy atom. The SMILES string of the molecule is CC(C)([N+](=O)[O-])C1([N+](=O)[O-])CCCC1. The quantitative estimate of drug-likeness (QED) is 0.514. The average Bonchev–Trinajstić information content (AvgIpc) is 2.52. The predicted octanol–water partition coefficient (Wildman–Crippen LogP) is 1.63. The molecular formula is C8H14N2O4. The molecule has 0 heterocycles. The van der Waals surface area contributed by atoms with Crippen LogP contribution in [-0.2, 0) is 0 Å². The van der Waals surface area contributed by atoms with Crippen LogP contribution in [0.25, 0.3) is 0 Å². The van der Waals surface area contributed by atoms with Crippen LogP contribution in [0.4, 0.5) is 0 Å². The van der Waals surface area contributed by atoms with Crippen molar-refractivity contribution in [3.8, 4) is 0 Å². The van der Waals surface area contributed by atoms with Crippen molar-refractivity contribution in [2.24, 2.45) is 0 Å². The maximum atomic E-state index is 11.0. The van der Waals surface area contributed by atoms with Crippen molar-refractivity contribution < 1.29 is 9.85 Å². The van der Waals surface area contributed by atoms with E-state index >= 15 is 0 Å². The van der Waals surface area contributed by atoms with E-state index in [1.807, 2.05) is 0 Å². The molecule has 0 radical (unpaired) electrons. The molecule has 6 heteroatoms. The molecule has 0 aliphatic heterocycles. The van der Waals surface area contributed by atoms with E-state index in [4.69, 9.17) is 0 Å². The van der Waals surface area contributed by atoms with Crippen LogP contribution in [0, 0.1) is 20.2 Å². The molecular weight excluding hydrogens is 188 g/mol. The fourth-order valence-electron chi connectivity index (χ4n) is 2.15. The van der Waals surface area contributed by atoms with Crippen molar-refractivity contribution in [3.63, 3.8) is 0 Å². The van der Waals surface area contributed by atoms with E-state index in [0.717, 1.165) is 0 Å². The van der Waals surface area contributed by atoms with Crippen LogP contribution in [0.3, 0.4) is 0 Å². The summed E-state index contributed by atoms with van der Waals surface area (Å²) in [5, 5.41) is 21.8. The second-order valence-corrected chi connectivity index (χ2v) is 4.31. The van der Waals surface area contributed by atoms with Crippen molar-refractivity contribution >= 4 is 0 Å². The van der Waals surface area contributed by atoms with Gasteiger partial charge in [0.25, 0.3) is 11.1 Å². The van der Waals surface area contributed by atoms with Crippen molar-refractivity contribution in [1.82, 2.24) is 0 Å². The fraction of sp³-hybridized carbons (Fsp3) is 1.00. The van der Waals surface area contributed by atoms with Gasteiger partial charge in [0.15, 0.2) is 0 Å². The van der Waals surface area contributed by atoms with Crippen LogP contribution < -0.4 is 0 Å². The first-order chi connectivity index (χ1) is 6.34. The molecule has 0 spiro atoms. The zero-order chi connectivity index (χ0) is 11.0. The Morgan fingerprint density at radius 3 is 1.86 bits per heavy atom. The number of rotatable bonds is 3. The summed E-state index contributed by atoms with van der Waals surface area (Å²) in [5.74, 6) is 0. The van der Waals surface area contributed by atoms with Crippen LogP contribution in [0.15, 0.2) is 0 Å². The maximum absolute atomic E-state index is 11.0. The molecule has 0 amide bonds. The molecule has 6 nitrogen and oxygen atoms in total. The van der Waals surface area contributed by atoms with Crippen LogP contribution in [0.5, 0.6) is 0 Å². The van der Waals surface area contributed by atoms with Crippen molar-refractivity contribution in [3.05, 3.63) is 20.2 Å². The lowest BCUT2D eigenvalue weighted by Gasteiger charge is -2.28. The Morgan fingerprint density at radius 1 is 1.14 bits per heavy atom. The zero-order valence-electron chi connectivity index (χ0n) is 8.36. The van der Waals surface area contributed by atoms with Crippen molar-refractivity contribution in [2.75, 3.05) is 0 Å². The summed E-state index contributed by atoms with van der Waals surface area (Å²) >= 11 is 0. The lowest BCUT2D eigenvalue weighted by atomic mass is 9.79. The predicted molar refractivity (Wildman–Crippen MR) is 49.3 cm³/mol. The van der Waals surface area contributed by atoms with E-state index in [1.165, 1.54) is 13.8 Å². The monoisotopic (exact) mass is 202 g/mol. The minimum Gasteiger partial charge on any atom is -0.264 e. The molecule has 0 unspecified atom stereocenters. The number of hydrogen-bond acceptors (Lipinski definition) is 4. The first-order valence-electron chi connectivity index (χ1n) is 4.63. The van der Waals surface area contributed by atoms with Crippen LogP contribution in [0.2, 0.25) is 0 Å². The molecule has 1 aliphatic carbocycles. The topological polar surface area (TPSA) is 86.3 Å². The molecule has 0 atom stereocenters. The van der Waals surface area contributed by atoms with E-state index in [1.54, 1.807) is 0 Å². The van der Waals surface area contributed by atoms with Gasteiger partial charge in [-0.2, -0.15) is 0 Å². The van der Waals surface area contributed by atoms with Gasteiger partial charge in [0.05, 0.1) is 0 Å². The first-order valence-corrected chi connectivity index (χ1v) is 4.63. The molecule has 80 valence electrons. The third kappa shape index (κ3) is 1.25. The lowest BCUT2D eigenvalue weighted by molar-refractivity contribution is -0.679. The van der Waals surface area contributed by atoms with E-state index in [2.05, 4.69) is 0 Å². The average molecular weight is 202 g/mol. The Hall–Kier alpha value is -1.20. The Bertz CT molecular complexity index is 269. The highest BCUT2D eigenvalue weighted by atomic mass is 16.6. The number of nitrogens with zero attached hydrogens (tertiary/aromatic N) is 2. The molecule has 0 aromatic heterocycles. The van der Waals surface area contributed by atoms with Gasteiger partial charge in [0, 0.05) is 36.5 Å². The molecule has 1 rings (SSSR count). The lowest BCUT2D eigenvalue weighted by Crippen LogP contribution is -2.58. The molecule has 0 aromatic rings. The van der Waals surface area contributed by atoms with Gasteiger partial charge in [-0.25, -0.2) is 0 Å². The highest BCUT2D eigenvalue weighted by Crippen LogP contribution is 2.42. The zero-order valence-corrected chi connectivity index (χ0v) is 8.36. The third-order valence-corrected chi connectivity index (χ3v) is 3.38. The number of hydrogen-bond donors (Lipinski definition) is 0. The van der Waals surface area contributed by atoms with Gasteiger partial charge in [-0.1, -0.05) is 0 Å². The summed E-state index contributed by atoms with van der Waals surface area (Å²) in [5.41, 5.74) is -2.84. The Kier molecular flexibility index (Phi) is 2.47. The first kappa shape index (κ1) is 10.9. The standard InChI is InChI=1S/C8H14N2O4/c1-7(2,9(11)12)8(10(13)14)5-3-4-6-8/h3-6H2,1-2H3. The van der Waals surface area contributed by atoms with Gasteiger partial charge < -0.3 is 0 Å². The third-order valence-electron chi connectivity index (χ3n) is 3.38. The highest BCUT2D eigenvalue weighted by molar-refractivity contribution is 4.98. The Labute approximate surface area is 81.6 Å². The highest BCUT2D eigenvalue weighted by Gasteiger charge is 2.65. The maximum Gasteiger partial charge on any atom is 0.289 e. The molecule has 1 aliphatic rings. The van der Waals surface area contributed by atoms with Gasteiger partial charge in [-0.3, -0.25) is 20.2 Å². The fourth-order valence-corrected chi connectivity index (χ4v) is 2.15. The van der Waals surface area contributed by atoms with Crippen molar-refractivity contribution in [2.45, 2.75) is 50.6 Å². The van der Waals surface area contributed by atoms with Crippen LogP contribution in [0.1, 0.15) is 39.5 Å². The van der Waals surface area contributed by atoms with Gasteiger partial charge >= 0.3 is 0 Å². The normalized spacial score (nSPS) is 20.7. The molecule has 0 aromatic carbocycles. The molecule has 1 fully saturated rings. The largest absolute Gasteiger partial charge is 0.289 e. The molecule has 0 bridgehead atoms. The second kappa shape index (κ2) is 3.18. The van der Waals surface area contributed by atoms with E-state index < -0.39 is 20.9 Å². The molecule has 1 saturated carbocycles. The Balaban J connectivity index is 3.11. The summed E-state index contributed by atoms with van der Waals surface area (Å²) in [4.78, 5) is 20.8. The molecule has 0 N–H and O–H groups in total. The minimum atomic E-state index is -1.48. The summed E-state index contributed by atoms with van der Waals surface area (Å²) < 4.78 is 0.